The molecule has 1 fully saturated rings. The fourth-order valence-electron chi connectivity index (χ4n) is 2.27. The van der Waals surface area contributed by atoms with Crippen LogP contribution in [0.15, 0.2) is 18.2 Å². The number of carbonyl (C=O) groups is 1. The van der Waals surface area contributed by atoms with E-state index in [-0.39, 0.29) is 25.3 Å². The molecule has 1 saturated heterocycles. The van der Waals surface area contributed by atoms with Crippen molar-refractivity contribution in [2.24, 2.45) is 5.73 Å². The van der Waals surface area contributed by atoms with Gasteiger partial charge < -0.3 is 15.4 Å². The van der Waals surface area contributed by atoms with Crippen LogP contribution in [-0.4, -0.2) is 43.0 Å². The van der Waals surface area contributed by atoms with E-state index in [1.807, 2.05) is 0 Å². The van der Waals surface area contributed by atoms with Gasteiger partial charge in [0.1, 0.15) is 12.4 Å². The summed E-state index contributed by atoms with van der Waals surface area (Å²) < 4.78 is 70.4. The maximum absolute atomic E-state index is 13.1. The fraction of sp³-hybridized carbons (Fsp3) is 0.500. The van der Waals surface area contributed by atoms with Crippen LogP contribution in [0.5, 0.6) is 5.75 Å². The van der Waals surface area contributed by atoms with E-state index in [1.54, 1.807) is 0 Å². The molecule has 2 rings (SSSR count). The second-order valence-electron chi connectivity index (χ2n) is 5.18. The van der Waals surface area contributed by atoms with Crippen LogP contribution in [-0.2, 0) is 6.18 Å². The molecule has 1 amide bonds. The van der Waals surface area contributed by atoms with Gasteiger partial charge in [0, 0.05) is 25.1 Å². The van der Waals surface area contributed by atoms with Crippen LogP contribution in [0.3, 0.4) is 0 Å². The van der Waals surface area contributed by atoms with E-state index in [2.05, 4.69) is 0 Å². The third-order valence-corrected chi connectivity index (χ3v) is 3.36. The fourth-order valence-corrected chi connectivity index (χ4v) is 2.27. The Morgan fingerprint density at radius 1 is 1.35 bits per heavy atom. The highest BCUT2D eigenvalue weighted by Crippen LogP contribution is 2.37. The van der Waals surface area contributed by atoms with E-state index in [4.69, 9.17) is 10.5 Å². The Morgan fingerprint density at radius 2 is 2.04 bits per heavy atom. The number of nitrogens with two attached hydrogens (primary N) is 1. The topological polar surface area (TPSA) is 55.6 Å². The van der Waals surface area contributed by atoms with Gasteiger partial charge in [-0.05, 0) is 18.2 Å². The molecule has 23 heavy (non-hydrogen) atoms. The normalized spacial score (nSPS) is 17.4. The average molecular weight is 338 g/mol. The monoisotopic (exact) mass is 338 g/mol. The van der Waals surface area contributed by atoms with Crippen molar-refractivity contribution in [3.05, 3.63) is 29.3 Å². The highest BCUT2D eigenvalue weighted by atomic mass is 19.4. The summed E-state index contributed by atoms with van der Waals surface area (Å²) in [4.78, 5) is 12.9. The highest BCUT2D eigenvalue weighted by molar-refractivity contribution is 5.95. The summed E-state index contributed by atoms with van der Waals surface area (Å²) >= 11 is 0. The molecule has 0 aliphatic carbocycles. The molecule has 0 unspecified atom stereocenters. The van der Waals surface area contributed by atoms with Crippen molar-refractivity contribution in [2.45, 2.75) is 18.5 Å². The van der Waals surface area contributed by atoms with Crippen molar-refractivity contribution in [3.63, 3.8) is 0 Å². The first-order valence-corrected chi connectivity index (χ1v) is 6.85. The summed E-state index contributed by atoms with van der Waals surface area (Å²) in [7, 11) is 0. The largest absolute Gasteiger partial charge is 0.492 e. The van der Waals surface area contributed by atoms with Gasteiger partial charge in [-0.3, -0.25) is 4.79 Å². The maximum Gasteiger partial charge on any atom is 0.419 e. The molecule has 1 aliphatic rings. The summed E-state index contributed by atoms with van der Waals surface area (Å²) in [5.74, 6) is -4.32. The molecular formula is C14H15F5N2O2. The van der Waals surface area contributed by atoms with E-state index in [0.717, 1.165) is 17.0 Å². The summed E-state index contributed by atoms with van der Waals surface area (Å²) in [6.45, 7) is -1.08. The van der Waals surface area contributed by atoms with E-state index in [0.29, 0.717) is 6.07 Å². The number of rotatable bonds is 4. The number of halogens is 5. The zero-order valence-electron chi connectivity index (χ0n) is 12.0. The number of amides is 1. The molecule has 1 aromatic rings. The van der Waals surface area contributed by atoms with Crippen molar-refractivity contribution in [2.75, 3.05) is 26.2 Å². The van der Waals surface area contributed by atoms with E-state index in [1.165, 1.54) is 0 Å². The summed E-state index contributed by atoms with van der Waals surface area (Å²) in [6.07, 6.45) is -5.24. The molecule has 1 heterocycles. The first kappa shape index (κ1) is 17.5. The van der Waals surface area contributed by atoms with Crippen molar-refractivity contribution in [1.29, 1.82) is 0 Å². The van der Waals surface area contributed by atoms with Crippen molar-refractivity contribution < 1.29 is 31.5 Å². The zero-order chi connectivity index (χ0) is 17.3. The molecule has 0 saturated carbocycles. The minimum absolute atomic E-state index is 0.0286. The van der Waals surface area contributed by atoms with Crippen LogP contribution in [0.25, 0.3) is 0 Å². The highest BCUT2D eigenvalue weighted by Gasteiger charge is 2.41. The summed E-state index contributed by atoms with van der Waals surface area (Å²) in [5.41, 5.74) is 3.74. The average Bonchev–Trinajstić information content (AvgIpc) is 2.83. The van der Waals surface area contributed by atoms with Gasteiger partial charge in [-0.2, -0.15) is 13.2 Å². The lowest BCUT2D eigenvalue weighted by molar-refractivity contribution is -0.138. The second-order valence-corrected chi connectivity index (χ2v) is 5.18. The number of ether oxygens (including phenoxy) is 1. The quantitative estimate of drug-likeness (QED) is 0.859. The lowest BCUT2D eigenvalue weighted by Gasteiger charge is -2.18. The van der Waals surface area contributed by atoms with Crippen molar-refractivity contribution in [1.82, 2.24) is 4.90 Å². The molecule has 0 atom stereocenters. The van der Waals surface area contributed by atoms with Gasteiger partial charge in [-0.15, -0.1) is 0 Å². The van der Waals surface area contributed by atoms with Crippen LogP contribution >= 0.6 is 0 Å². The molecule has 1 aromatic carbocycles. The van der Waals surface area contributed by atoms with Gasteiger partial charge in [-0.1, -0.05) is 0 Å². The molecule has 0 aromatic heterocycles. The Balaban J connectivity index is 2.28. The maximum atomic E-state index is 13.1. The Morgan fingerprint density at radius 3 is 2.57 bits per heavy atom. The van der Waals surface area contributed by atoms with Gasteiger partial charge in [0.15, 0.2) is 0 Å². The van der Waals surface area contributed by atoms with Gasteiger partial charge in [-0.25, -0.2) is 8.78 Å². The summed E-state index contributed by atoms with van der Waals surface area (Å²) in [6, 6.07) is 2.74. The molecule has 0 bridgehead atoms. The number of alkyl halides is 5. The van der Waals surface area contributed by atoms with Crippen LogP contribution in [0.2, 0.25) is 0 Å². The minimum Gasteiger partial charge on any atom is -0.492 e. The third-order valence-electron chi connectivity index (χ3n) is 3.36. The van der Waals surface area contributed by atoms with E-state index in [9.17, 15) is 26.7 Å². The van der Waals surface area contributed by atoms with Crippen LogP contribution in [0.1, 0.15) is 22.3 Å². The number of carbonyl (C=O) groups excluding carboxylic acids is 1. The van der Waals surface area contributed by atoms with Gasteiger partial charge >= 0.3 is 6.18 Å². The smallest absolute Gasteiger partial charge is 0.419 e. The molecule has 9 heteroatoms. The molecule has 4 nitrogen and oxygen atoms in total. The second kappa shape index (κ2) is 6.31. The Bertz CT molecular complexity index is 589. The standard InChI is InChI=1S/C14H15F5N2O2/c15-13(16)3-5-21(8-13)12(22)9-1-2-11(23-6-4-20)10(7-9)14(17,18)19/h1-2,7H,3-6,8,20H2. The third kappa shape index (κ3) is 4.10. The van der Waals surface area contributed by atoms with Gasteiger partial charge in [0.2, 0.25) is 0 Å². The lowest BCUT2D eigenvalue weighted by atomic mass is 10.1. The van der Waals surface area contributed by atoms with Gasteiger partial charge in [0.25, 0.3) is 11.8 Å². The van der Waals surface area contributed by atoms with Crippen LogP contribution in [0, 0.1) is 0 Å². The predicted octanol–water partition coefficient (Wildman–Crippen LogP) is 2.52. The minimum atomic E-state index is -4.74. The van der Waals surface area contributed by atoms with Gasteiger partial charge in [0.05, 0.1) is 12.1 Å². The molecule has 128 valence electrons. The SMILES string of the molecule is NCCOc1ccc(C(=O)N2CCC(F)(F)C2)cc1C(F)(F)F. The van der Waals surface area contributed by atoms with Crippen LogP contribution in [0.4, 0.5) is 22.0 Å². The number of hydrogen-bond acceptors (Lipinski definition) is 3. The van der Waals surface area contributed by atoms with E-state index >= 15 is 0 Å². The molecule has 0 spiro atoms. The summed E-state index contributed by atoms with van der Waals surface area (Å²) in [5, 5.41) is 0. The first-order chi connectivity index (χ1) is 10.6. The Labute approximate surface area is 129 Å². The number of hydrogen-bond donors (Lipinski definition) is 1. The zero-order valence-corrected chi connectivity index (χ0v) is 12.0. The molecule has 1 aliphatic heterocycles. The Kier molecular flexibility index (Phi) is 4.79. The van der Waals surface area contributed by atoms with Crippen molar-refractivity contribution in [3.8, 4) is 5.75 Å². The number of likely N-dealkylation sites (tertiary alicyclic amines) is 1. The Hall–Kier alpha value is -1.90. The lowest BCUT2D eigenvalue weighted by Crippen LogP contribution is -2.31. The molecular weight excluding hydrogens is 323 g/mol. The molecule has 0 radical (unpaired) electrons. The predicted molar refractivity (Wildman–Crippen MR) is 71.5 cm³/mol. The number of benzene rings is 1. The first-order valence-electron chi connectivity index (χ1n) is 6.85. The van der Waals surface area contributed by atoms with E-state index < -0.39 is 42.3 Å². The van der Waals surface area contributed by atoms with Crippen molar-refractivity contribution >= 4 is 5.91 Å². The molecule has 2 N–H and O–H groups in total. The number of nitrogens with zero attached hydrogens (tertiary/aromatic N) is 1. The van der Waals surface area contributed by atoms with Crippen LogP contribution < -0.4 is 10.5 Å².